The fourth-order valence-electron chi connectivity index (χ4n) is 3.39. The van der Waals surface area contributed by atoms with Crippen molar-refractivity contribution in [2.24, 2.45) is 4.99 Å². The van der Waals surface area contributed by atoms with E-state index in [1.54, 1.807) is 12.1 Å². The SMILES string of the molecule is CCCCCCCCCCOc1ccc(C2=N/C(=C\c3ccccc3Cl)C(=O)O2)cc1. The maximum atomic E-state index is 12.2. The van der Waals surface area contributed by atoms with E-state index in [1.165, 1.54) is 44.9 Å². The fourth-order valence-corrected chi connectivity index (χ4v) is 3.58. The molecule has 0 amide bonds. The molecule has 0 radical (unpaired) electrons. The van der Waals surface area contributed by atoms with Crippen LogP contribution >= 0.6 is 11.6 Å². The number of carbonyl (C=O) groups is 1. The van der Waals surface area contributed by atoms with Crippen LogP contribution in [-0.2, 0) is 9.53 Å². The van der Waals surface area contributed by atoms with Gasteiger partial charge < -0.3 is 9.47 Å². The number of carbonyl (C=O) groups excluding carboxylic acids is 1. The van der Waals surface area contributed by atoms with Crippen molar-refractivity contribution < 1.29 is 14.3 Å². The molecule has 1 heterocycles. The van der Waals surface area contributed by atoms with Crippen molar-refractivity contribution in [3.8, 4) is 5.75 Å². The molecule has 0 saturated heterocycles. The molecule has 31 heavy (non-hydrogen) atoms. The van der Waals surface area contributed by atoms with Crippen molar-refractivity contribution in [2.45, 2.75) is 58.3 Å². The number of hydrogen-bond donors (Lipinski definition) is 0. The predicted molar refractivity (Wildman–Crippen MR) is 127 cm³/mol. The van der Waals surface area contributed by atoms with E-state index in [4.69, 9.17) is 21.1 Å². The highest BCUT2D eigenvalue weighted by Gasteiger charge is 2.24. The van der Waals surface area contributed by atoms with Gasteiger partial charge in [0, 0.05) is 10.6 Å². The summed E-state index contributed by atoms with van der Waals surface area (Å²) in [5.41, 5.74) is 1.69. The summed E-state index contributed by atoms with van der Waals surface area (Å²) < 4.78 is 11.2. The van der Waals surface area contributed by atoms with E-state index >= 15 is 0 Å². The summed E-state index contributed by atoms with van der Waals surface area (Å²) in [7, 11) is 0. The Balaban J connectivity index is 1.47. The molecule has 1 aliphatic rings. The molecule has 2 aromatic rings. The van der Waals surface area contributed by atoms with Gasteiger partial charge in [-0.15, -0.1) is 0 Å². The Hall–Kier alpha value is -2.59. The molecule has 1 aliphatic heterocycles. The van der Waals surface area contributed by atoms with Gasteiger partial charge in [0.1, 0.15) is 5.75 Å². The molecule has 2 aromatic carbocycles. The molecule has 3 rings (SSSR count). The van der Waals surface area contributed by atoms with Gasteiger partial charge in [-0.25, -0.2) is 9.79 Å². The first-order valence-electron chi connectivity index (χ1n) is 11.2. The molecule has 0 atom stereocenters. The number of hydrogen-bond acceptors (Lipinski definition) is 4. The third kappa shape index (κ3) is 7.25. The summed E-state index contributed by atoms with van der Waals surface area (Å²) in [5, 5.41) is 0.560. The normalized spacial score (nSPS) is 14.6. The lowest BCUT2D eigenvalue weighted by Gasteiger charge is -2.07. The van der Waals surface area contributed by atoms with E-state index in [2.05, 4.69) is 11.9 Å². The molecule has 0 spiro atoms. The highest BCUT2D eigenvalue weighted by atomic mass is 35.5. The van der Waals surface area contributed by atoms with Crippen LogP contribution in [0.5, 0.6) is 5.75 Å². The smallest absolute Gasteiger partial charge is 0.363 e. The first-order valence-corrected chi connectivity index (χ1v) is 11.6. The topological polar surface area (TPSA) is 47.9 Å². The van der Waals surface area contributed by atoms with Crippen LogP contribution in [0.15, 0.2) is 59.2 Å². The number of rotatable bonds is 12. The molecule has 4 nitrogen and oxygen atoms in total. The van der Waals surface area contributed by atoms with Crippen LogP contribution in [0.4, 0.5) is 0 Å². The van der Waals surface area contributed by atoms with Crippen LogP contribution in [-0.4, -0.2) is 18.5 Å². The van der Waals surface area contributed by atoms with Gasteiger partial charge >= 0.3 is 5.97 Å². The summed E-state index contributed by atoms with van der Waals surface area (Å²) in [5.74, 6) is 0.617. The second-order valence-corrected chi connectivity index (χ2v) is 8.11. The molecule has 0 aromatic heterocycles. The van der Waals surface area contributed by atoms with Crippen LogP contribution in [0, 0.1) is 0 Å². The third-order valence-corrected chi connectivity index (χ3v) is 5.53. The van der Waals surface area contributed by atoms with Crippen molar-refractivity contribution in [2.75, 3.05) is 6.61 Å². The van der Waals surface area contributed by atoms with E-state index in [-0.39, 0.29) is 11.6 Å². The average Bonchev–Trinajstić information content (AvgIpc) is 3.15. The van der Waals surface area contributed by atoms with Gasteiger partial charge in [0.15, 0.2) is 5.70 Å². The summed E-state index contributed by atoms with van der Waals surface area (Å²) in [6.07, 6.45) is 11.9. The lowest BCUT2D eigenvalue weighted by atomic mass is 10.1. The van der Waals surface area contributed by atoms with Crippen LogP contribution in [0.1, 0.15) is 69.4 Å². The zero-order chi connectivity index (χ0) is 21.9. The van der Waals surface area contributed by atoms with Crippen molar-refractivity contribution >= 4 is 29.5 Å². The Labute approximate surface area is 189 Å². The lowest BCUT2D eigenvalue weighted by molar-refractivity contribution is -0.129. The van der Waals surface area contributed by atoms with Crippen LogP contribution in [0.2, 0.25) is 5.02 Å². The Morgan fingerprint density at radius 1 is 0.935 bits per heavy atom. The van der Waals surface area contributed by atoms with Crippen LogP contribution < -0.4 is 4.74 Å². The first-order chi connectivity index (χ1) is 15.2. The molecule has 0 bridgehead atoms. The van der Waals surface area contributed by atoms with Crippen LogP contribution in [0.3, 0.4) is 0 Å². The maximum absolute atomic E-state index is 12.2. The van der Waals surface area contributed by atoms with Gasteiger partial charge in [0.25, 0.3) is 0 Å². The third-order valence-electron chi connectivity index (χ3n) is 5.19. The van der Waals surface area contributed by atoms with Gasteiger partial charge in [-0.1, -0.05) is 81.7 Å². The molecular formula is C26H30ClNO3. The monoisotopic (exact) mass is 439 g/mol. The fraction of sp³-hybridized carbons (Fsp3) is 0.385. The maximum Gasteiger partial charge on any atom is 0.363 e. The van der Waals surface area contributed by atoms with E-state index in [0.717, 1.165) is 29.9 Å². The lowest BCUT2D eigenvalue weighted by Crippen LogP contribution is -2.05. The molecule has 0 fully saturated rings. The number of halogens is 1. The number of cyclic esters (lactones) is 1. The van der Waals surface area contributed by atoms with Crippen molar-refractivity contribution in [3.05, 3.63) is 70.4 Å². The average molecular weight is 440 g/mol. The minimum absolute atomic E-state index is 0.234. The minimum atomic E-state index is -0.482. The molecule has 164 valence electrons. The molecule has 0 saturated carbocycles. The Kier molecular flexibility index (Phi) is 9.16. The summed E-state index contributed by atoms with van der Waals surface area (Å²) in [4.78, 5) is 16.5. The second-order valence-electron chi connectivity index (χ2n) is 7.71. The number of ether oxygens (including phenoxy) is 2. The Morgan fingerprint density at radius 3 is 2.32 bits per heavy atom. The van der Waals surface area contributed by atoms with Crippen molar-refractivity contribution in [3.63, 3.8) is 0 Å². The molecule has 0 aliphatic carbocycles. The zero-order valence-corrected chi connectivity index (χ0v) is 18.9. The largest absolute Gasteiger partial charge is 0.494 e. The highest BCUT2D eigenvalue weighted by molar-refractivity contribution is 6.32. The number of esters is 1. The summed E-state index contributed by atoms with van der Waals surface area (Å²) in [6, 6.07) is 14.8. The quantitative estimate of drug-likeness (QED) is 0.199. The predicted octanol–water partition coefficient (Wildman–Crippen LogP) is 7.20. The number of aliphatic imine (C=N–C) groups is 1. The van der Waals surface area contributed by atoms with Gasteiger partial charge in [-0.05, 0) is 48.4 Å². The number of unbranched alkanes of at least 4 members (excludes halogenated alkanes) is 7. The van der Waals surface area contributed by atoms with Crippen molar-refractivity contribution in [1.82, 2.24) is 0 Å². The summed E-state index contributed by atoms with van der Waals surface area (Å²) >= 11 is 6.16. The second kappa shape index (κ2) is 12.3. The van der Waals surface area contributed by atoms with Gasteiger partial charge in [0.05, 0.1) is 6.61 Å². The van der Waals surface area contributed by atoms with Gasteiger partial charge in [0.2, 0.25) is 5.90 Å². The zero-order valence-electron chi connectivity index (χ0n) is 18.1. The minimum Gasteiger partial charge on any atom is -0.494 e. The molecule has 0 N–H and O–H groups in total. The molecule has 5 heteroatoms. The van der Waals surface area contributed by atoms with Crippen molar-refractivity contribution in [1.29, 1.82) is 0 Å². The van der Waals surface area contributed by atoms with Crippen LogP contribution in [0.25, 0.3) is 6.08 Å². The summed E-state index contributed by atoms with van der Waals surface area (Å²) in [6.45, 7) is 2.96. The van der Waals surface area contributed by atoms with Gasteiger partial charge in [-0.2, -0.15) is 0 Å². The van der Waals surface area contributed by atoms with Gasteiger partial charge in [-0.3, -0.25) is 0 Å². The number of nitrogens with zero attached hydrogens (tertiary/aromatic N) is 1. The van der Waals surface area contributed by atoms with E-state index in [1.807, 2.05) is 42.5 Å². The Morgan fingerprint density at radius 2 is 1.61 bits per heavy atom. The van der Waals surface area contributed by atoms with E-state index < -0.39 is 5.97 Å². The number of benzene rings is 2. The standard InChI is InChI=1S/C26H30ClNO3/c1-2-3-4-5-6-7-8-11-18-30-22-16-14-20(15-17-22)25-28-24(26(29)31-25)19-21-12-9-10-13-23(21)27/h9-10,12-17,19H,2-8,11,18H2,1H3/b24-19-. The highest BCUT2D eigenvalue weighted by Crippen LogP contribution is 2.24. The molecular weight excluding hydrogens is 410 g/mol. The first kappa shape index (κ1) is 23.1. The van der Waals surface area contributed by atoms with E-state index in [9.17, 15) is 4.79 Å². The van der Waals surface area contributed by atoms with E-state index in [0.29, 0.717) is 5.02 Å². The Bertz CT molecular complexity index is 919. The molecule has 0 unspecified atom stereocenters.